The highest BCUT2D eigenvalue weighted by atomic mass is 19.1. The van der Waals surface area contributed by atoms with Gasteiger partial charge in [-0.15, -0.1) is 0 Å². The number of amides is 4. The van der Waals surface area contributed by atoms with Crippen molar-refractivity contribution in [3.8, 4) is 0 Å². The average molecular weight is 652 g/mol. The van der Waals surface area contributed by atoms with Crippen LogP contribution in [-0.2, 0) is 16.1 Å². The number of halogens is 1. The topological polar surface area (TPSA) is 129 Å². The van der Waals surface area contributed by atoms with E-state index in [1.165, 1.54) is 12.1 Å². The zero-order valence-corrected chi connectivity index (χ0v) is 28.0. The van der Waals surface area contributed by atoms with Crippen molar-refractivity contribution >= 4 is 29.3 Å². The average Bonchev–Trinajstić information content (AvgIpc) is 3.81. The van der Waals surface area contributed by atoms with E-state index in [2.05, 4.69) is 25.9 Å². The fourth-order valence-electron chi connectivity index (χ4n) is 6.87. The summed E-state index contributed by atoms with van der Waals surface area (Å²) in [5.74, 6) is -2.46. The van der Waals surface area contributed by atoms with Gasteiger partial charge in [0.1, 0.15) is 17.6 Å². The number of aryl methyl sites for hydroxylation is 1. The molecule has 2 saturated carbocycles. The molecule has 1 aliphatic heterocycles. The van der Waals surface area contributed by atoms with Gasteiger partial charge in [-0.2, -0.15) is 5.10 Å². The molecule has 2 heterocycles. The van der Waals surface area contributed by atoms with Crippen molar-refractivity contribution in [1.82, 2.24) is 30.2 Å². The van der Waals surface area contributed by atoms with Gasteiger partial charge in [0, 0.05) is 63.2 Å². The molecule has 4 amide bonds. The van der Waals surface area contributed by atoms with Crippen LogP contribution >= 0.6 is 0 Å². The van der Waals surface area contributed by atoms with Gasteiger partial charge in [0.25, 0.3) is 0 Å². The summed E-state index contributed by atoms with van der Waals surface area (Å²) < 4.78 is 17.4. The maximum Gasteiger partial charge on any atom is 0.315 e. The molecular formula is C35H50FN7O4. The molecule has 0 radical (unpaired) electrons. The number of rotatable bonds is 12. The highest BCUT2D eigenvalue weighted by Gasteiger charge is 2.35. The van der Waals surface area contributed by atoms with Crippen LogP contribution in [0.25, 0.3) is 0 Å². The van der Waals surface area contributed by atoms with E-state index in [4.69, 9.17) is 0 Å². The van der Waals surface area contributed by atoms with E-state index < -0.39 is 29.7 Å². The van der Waals surface area contributed by atoms with E-state index in [-0.39, 0.29) is 41.7 Å². The zero-order chi connectivity index (χ0) is 33.5. The molecule has 0 unspecified atom stereocenters. The van der Waals surface area contributed by atoms with E-state index in [1.54, 1.807) is 34.8 Å². The number of piperazine rings is 1. The smallest absolute Gasteiger partial charge is 0.315 e. The first-order valence-corrected chi connectivity index (χ1v) is 17.3. The summed E-state index contributed by atoms with van der Waals surface area (Å²) in [5, 5.41) is 12.8. The number of Topliss-reactive ketones (excluding diaryl/α,β-unsaturated/α-hetero) is 1. The third kappa shape index (κ3) is 8.97. The van der Waals surface area contributed by atoms with Crippen LogP contribution in [0.5, 0.6) is 0 Å². The maximum atomic E-state index is 15.7. The number of aromatic nitrogens is 2. The minimum Gasteiger partial charge on any atom is -0.338 e. The van der Waals surface area contributed by atoms with E-state index in [0.29, 0.717) is 30.9 Å². The number of nitrogens with one attached hydrogen (secondary N) is 3. The molecule has 3 N–H and O–H groups in total. The second kappa shape index (κ2) is 15.9. The Balaban J connectivity index is 1.32. The van der Waals surface area contributed by atoms with Gasteiger partial charge in [-0.05, 0) is 69.3 Å². The lowest BCUT2D eigenvalue weighted by Gasteiger charge is -2.36. The number of nitrogens with zero attached hydrogens (tertiary/aromatic N) is 4. The third-order valence-electron chi connectivity index (χ3n) is 10.1. The number of carbonyl (C=O) groups is 4. The van der Waals surface area contributed by atoms with E-state index in [9.17, 15) is 19.2 Å². The summed E-state index contributed by atoms with van der Waals surface area (Å²) in [6.45, 7) is 6.84. The molecule has 3 fully saturated rings. The highest BCUT2D eigenvalue weighted by Crippen LogP contribution is 2.33. The van der Waals surface area contributed by atoms with Crippen molar-refractivity contribution in [2.75, 3.05) is 38.5 Å². The lowest BCUT2D eigenvalue weighted by molar-refractivity contribution is -0.135. The molecule has 0 bridgehead atoms. The number of carbonyl (C=O) groups excluding carboxylic acids is 4. The van der Waals surface area contributed by atoms with Crippen LogP contribution in [0.2, 0.25) is 0 Å². The molecule has 2 aromatic rings. The molecule has 3 atom stereocenters. The normalized spacial score (nSPS) is 19.7. The van der Waals surface area contributed by atoms with Crippen LogP contribution in [0.1, 0.15) is 93.6 Å². The number of urea groups is 1. The summed E-state index contributed by atoms with van der Waals surface area (Å²) in [6, 6.07) is 5.04. The number of ketones is 1. The van der Waals surface area contributed by atoms with Crippen LogP contribution in [0.15, 0.2) is 30.5 Å². The van der Waals surface area contributed by atoms with Gasteiger partial charge in [0.05, 0.1) is 5.69 Å². The standard InChI is InChI=1S/C35H50FN7O4/c1-4-43-30(15-16-37-43)31(44)22-27(24-9-7-5-6-8-10-24)33(45)39-29-14-11-25(21-28(29)36)23(2)32(40-35(47)38-26-12-13-26)34(46)42-19-17-41(3)18-20-42/h11,14-16,21,23-24,26-27,32H,4-10,12-13,17-20,22H2,1-3H3,(H,39,45)(H2,38,40,47)/t23-,27-,32+/m0/s1. The number of benzene rings is 1. The molecule has 12 heteroatoms. The van der Waals surface area contributed by atoms with Crippen LogP contribution < -0.4 is 16.0 Å². The second-order valence-electron chi connectivity index (χ2n) is 13.5. The maximum absolute atomic E-state index is 15.7. The van der Waals surface area contributed by atoms with Gasteiger partial charge >= 0.3 is 6.03 Å². The van der Waals surface area contributed by atoms with E-state index >= 15 is 4.39 Å². The minimum atomic E-state index is -0.890. The summed E-state index contributed by atoms with van der Waals surface area (Å²) in [6.07, 6.45) is 9.35. The Morgan fingerprint density at radius 2 is 1.68 bits per heavy atom. The number of likely N-dealkylation sites (N-methyl/N-ethyl adjacent to an activating group) is 1. The highest BCUT2D eigenvalue weighted by molar-refractivity contribution is 6.00. The number of hydrogen-bond donors (Lipinski definition) is 3. The van der Waals surface area contributed by atoms with Crippen molar-refractivity contribution in [1.29, 1.82) is 0 Å². The molecule has 0 spiro atoms. The molecule has 5 rings (SSSR count). The van der Waals surface area contributed by atoms with E-state index in [0.717, 1.165) is 64.5 Å². The van der Waals surface area contributed by atoms with Gasteiger partial charge in [-0.3, -0.25) is 19.1 Å². The second-order valence-corrected chi connectivity index (χ2v) is 13.5. The van der Waals surface area contributed by atoms with Crippen molar-refractivity contribution in [2.24, 2.45) is 11.8 Å². The largest absolute Gasteiger partial charge is 0.338 e. The van der Waals surface area contributed by atoms with Crippen LogP contribution in [0, 0.1) is 17.7 Å². The summed E-state index contributed by atoms with van der Waals surface area (Å²) in [5.41, 5.74) is 1.03. The first kappa shape index (κ1) is 34.5. The zero-order valence-electron chi connectivity index (χ0n) is 28.0. The quantitative estimate of drug-likeness (QED) is 0.228. The van der Waals surface area contributed by atoms with Crippen molar-refractivity contribution in [2.45, 2.75) is 96.2 Å². The number of hydrogen-bond acceptors (Lipinski definition) is 6. The molecule has 3 aliphatic rings. The number of anilines is 1. The Bertz CT molecular complexity index is 1410. The van der Waals surface area contributed by atoms with Gasteiger partial charge in [0.15, 0.2) is 5.78 Å². The lowest BCUT2D eigenvalue weighted by atomic mass is 9.81. The third-order valence-corrected chi connectivity index (χ3v) is 10.1. The van der Waals surface area contributed by atoms with Gasteiger partial charge in [0.2, 0.25) is 11.8 Å². The van der Waals surface area contributed by atoms with Crippen LogP contribution in [0.3, 0.4) is 0 Å². The SMILES string of the molecule is CCn1nccc1C(=O)C[C@H](C(=O)Nc1ccc([C@H](C)[C@@H](NC(=O)NC2CC2)C(=O)N2CCN(C)CC2)cc1F)C1CCCCCC1. The fourth-order valence-corrected chi connectivity index (χ4v) is 6.87. The monoisotopic (exact) mass is 651 g/mol. The Kier molecular flexibility index (Phi) is 11.7. The Hall–Kier alpha value is -3.80. The van der Waals surface area contributed by atoms with Crippen LogP contribution in [-0.4, -0.2) is 88.5 Å². The molecule has 1 aromatic carbocycles. The molecule has 256 valence electrons. The fraction of sp³-hybridized carbons (Fsp3) is 0.629. The predicted molar refractivity (Wildman–Crippen MR) is 178 cm³/mol. The minimum absolute atomic E-state index is 0.0241. The molecule has 11 nitrogen and oxygen atoms in total. The Labute approximate surface area is 277 Å². The molecule has 47 heavy (non-hydrogen) atoms. The summed E-state index contributed by atoms with van der Waals surface area (Å²) >= 11 is 0. The molecule has 2 aliphatic carbocycles. The summed E-state index contributed by atoms with van der Waals surface area (Å²) in [7, 11) is 2.00. The Morgan fingerprint density at radius 1 is 0.979 bits per heavy atom. The predicted octanol–water partition coefficient (Wildman–Crippen LogP) is 4.55. The van der Waals surface area contributed by atoms with Crippen molar-refractivity contribution < 1.29 is 23.6 Å². The lowest BCUT2D eigenvalue weighted by Crippen LogP contribution is -2.57. The molecule has 1 saturated heterocycles. The van der Waals surface area contributed by atoms with Gasteiger partial charge in [-0.25, -0.2) is 9.18 Å². The van der Waals surface area contributed by atoms with E-state index in [1.807, 2.05) is 14.0 Å². The summed E-state index contributed by atoms with van der Waals surface area (Å²) in [4.78, 5) is 57.6. The first-order valence-electron chi connectivity index (χ1n) is 17.3. The van der Waals surface area contributed by atoms with Gasteiger partial charge < -0.3 is 25.8 Å². The van der Waals surface area contributed by atoms with Crippen molar-refractivity contribution in [3.63, 3.8) is 0 Å². The molecular weight excluding hydrogens is 601 g/mol. The van der Waals surface area contributed by atoms with Gasteiger partial charge in [-0.1, -0.05) is 38.7 Å². The Morgan fingerprint density at radius 3 is 2.32 bits per heavy atom. The van der Waals surface area contributed by atoms with Crippen molar-refractivity contribution in [3.05, 3.63) is 47.5 Å². The molecule has 1 aromatic heterocycles. The van der Waals surface area contributed by atoms with Crippen LogP contribution in [0.4, 0.5) is 14.9 Å². The first-order chi connectivity index (χ1) is 22.6.